The van der Waals surface area contributed by atoms with Crippen molar-refractivity contribution < 1.29 is 18.6 Å². The second kappa shape index (κ2) is 7.60. The number of aromatic nitrogens is 3. The van der Waals surface area contributed by atoms with Crippen LogP contribution >= 0.6 is 0 Å². The van der Waals surface area contributed by atoms with Crippen LogP contribution in [-0.2, 0) is 0 Å². The number of nitrogens with zero attached hydrogens (tertiary/aromatic N) is 5. The number of halogens is 2. The Balaban J connectivity index is 1.42. The van der Waals surface area contributed by atoms with Gasteiger partial charge in [0.15, 0.2) is 23.2 Å². The molecule has 2 aliphatic rings. The van der Waals surface area contributed by atoms with E-state index in [1.54, 1.807) is 12.1 Å². The summed E-state index contributed by atoms with van der Waals surface area (Å²) in [7, 11) is 0. The van der Waals surface area contributed by atoms with Gasteiger partial charge in [-0.25, -0.2) is 13.8 Å². The van der Waals surface area contributed by atoms with Crippen LogP contribution in [0.3, 0.4) is 0 Å². The SMILES string of the molecule is Cc1c(C#N)cnc(OC2CC3CNc4nnc(-c5cccc(F)c5O)cc4N3C2)c1F. The lowest BCUT2D eigenvalue weighted by molar-refractivity contribution is 0.201. The number of rotatable bonds is 3. The van der Waals surface area contributed by atoms with E-state index in [0.717, 1.165) is 5.69 Å². The fourth-order valence-electron chi connectivity index (χ4n) is 4.15. The van der Waals surface area contributed by atoms with Crippen LogP contribution in [0.2, 0.25) is 0 Å². The normalized spacial score (nSPS) is 19.0. The molecule has 162 valence electrons. The van der Waals surface area contributed by atoms with Gasteiger partial charge in [-0.15, -0.1) is 10.2 Å². The number of benzene rings is 1. The molecule has 0 amide bonds. The molecule has 4 heterocycles. The average Bonchev–Trinajstić information content (AvgIpc) is 3.22. The summed E-state index contributed by atoms with van der Waals surface area (Å²) in [6, 6.07) is 7.94. The molecule has 0 spiro atoms. The molecule has 5 rings (SSSR count). The van der Waals surface area contributed by atoms with Gasteiger partial charge in [0, 0.05) is 30.3 Å². The standard InChI is InChI=1S/C22H18F2N6O2/c1-11-12(7-25)8-27-22(19(11)24)32-14-5-13-9-26-21-18(30(13)10-14)6-17(28-29-21)15-3-2-4-16(23)20(15)31/h2-4,6,8,13-14,31H,5,9-10H2,1H3,(H,26,29). The summed E-state index contributed by atoms with van der Waals surface area (Å²) in [5.41, 5.74) is 1.70. The number of aromatic hydroxyl groups is 1. The number of phenolic OH excluding ortho intramolecular Hbond substituents is 1. The number of hydrogen-bond acceptors (Lipinski definition) is 8. The van der Waals surface area contributed by atoms with Crippen molar-refractivity contribution in [1.29, 1.82) is 5.26 Å². The zero-order valence-electron chi connectivity index (χ0n) is 17.0. The third-order valence-corrected chi connectivity index (χ3v) is 5.86. The first-order valence-corrected chi connectivity index (χ1v) is 10.0. The molecule has 8 nitrogen and oxygen atoms in total. The Morgan fingerprint density at radius 2 is 2.16 bits per heavy atom. The van der Waals surface area contributed by atoms with Crippen LogP contribution < -0.4 is 15.0 Å². The molecule has 3 aromatic rings. The van der Waals surface area contributed by atoms with Gasteiger partial charge in [-0.05, 0) is 25.1 Å². The molecule has 1 aromatic carbocycles. The minimum Gasteiger partial charge on any atom is -0.504 e. The number of phenols is 1. The quantitative estimate of drug-likeness (QED) is 0.645. The fraction of sp³-hybridized carbons (Fsp3) is 0.273. The van der Waals surface area contributed by atoms with Crippen LogP contribution in [0, 0.1) is 29.9 Å². The summed E-state index contributed by atoms with van der Waals surface area (Å²) in [6.07, 6.45) is 1.59. The molecule has 1 saturated heterocycles. The predicted octanol–water partition coefficient (Wildman–Crippen LogP) is 3.15. The summed E-state index contributed by atoms with van der Waals surface area (Å²) in [4.78, 5) is 6.05. The van der Waals surface area contributed by atoms with Crippen LogP contribution in [-0.4, -0.2) is 45.5 Å². The second-order valence-corrected chi connectivity index (χ2v) is 7.79. The summed E-state index contributed by atoms with van der Waals surface area (Å²) in [5.74, 6) is -1.41. The van der Waals surface area contributed by atoms with E-state index in [0.29, 0.717) is 31.0 Å². The molecule has 0 aliphatic carbocycles. The molecule has 2 N–H and O–H groups in total. The van der Waals surface area contributed by atoms with Gasteiger partial charge >= 0.3 is 0 Å². The van der Waals surface area contributed by atoms with Crippen LogP contribution in [0.4, 0.5) is 20.3 Å². The van der Waals surface area contributed by atoms with Crippen molar-refractivity contribution in [2.75, 3.05) is 23.3 Å². The zero-order chi connectivity index (χ0) is 22.4. The lowest BCUT2D eigenvalue weighted by atomic mass is 10.1. The van der Waals surface area contributed by atoms with Crippen LogP contribution in [0.25, 0.3) is 11.3 Å². The molecule has 0 radical (unpaired) electrons. The van der Waals surface area contributed by atoms with Crippen LogP contribution in [0.5, 0.6) is 11.6 Å². The average molecular weight is 436 g/mol. The number of anilines is 2. The summed E-state index contributed by atoms with van der Waals surface area (Å²) in [6.45, 7) is 2.58. The topological polar surface area (TPSA) is 107 Å². The Bertz CT molecular complexity index is 1260. The Hall–Kier alpha value is -4.00. The number of nitriles is 1. The van der Waals surface area contributed by atoms with Crippen molar-refractivity contribution in [3.63, 3.8) is 0 Å². The van der Waals surface area contributed by atoms with Gasteiger partial charge in [-0.1, -0.05) is 6.07 Å². The third-order valence-electron chi connectivity index (χ3n) is 5.86. The number of hydrogen-bond donors (Lipinski definition) is 2. The number of fused-ring (bicyclic) bond motifs is 3. The fourth-order valence-corrected chi connectivity index (χ4v) is 4.15. The van der Waals surface area contributed by atoms with Gasteiger partial charge in [-0.3, -0.25) is 0 Å². The van der Waals surface area contributed by atoms with E-state index in [9.17, 15) is 13.9 Å². The number of ether oxygens (including phenoxy) is 1. The van der Waals surface area contributed by atoms with Crippen molar-refractivity contribution in [3.8, 4) is 29.0 Å². The molecule has 10 heteroatoms. The third kappa shape index (κ3) is 3.22. The molecular weight excluding hydrogens is 418 g/mol. The Labute approximate surface area is 182 Å². The predicted molar refractivity (Wildman–Crippen MR) is 111 cm³/mol. The molecular formula is C22H18F2N6O2. The van der Waals surface area contributed by atoms with Gasteiger partial charge in [0.2, 0.25) is 0 Å². The van der Waals surface area contributed by atoms with Gasteiger partial charge in [0.05, 0.1) is 29.5 Å². The van der Waals surface area contributed by atoms with Crippen LogP contribution in [0.15, 0.2) is 30.5 Å². The van der Waals surface area contributed by atoms with E-state index in [4.69, 9.17) is 10.00 Å². The lowest BCUT2D eigenvalue weighted by Crippen LogP contribution is -2.40. The summed E-state index contributed by atoms with van der Waals surface area (Å²) < 4.78 is 34.2. The first-order valence-electron chi connectivity index (χ1n) is 10.0. The highest BCUT2D eigenvalue weighted by atomic mass is 19.1. The highest BCUT2D eigenvalue weighted by Gasteiger charge is 2.38. The maximum Gasteiger partial charge on any atom is 0.251 e. The van der Waals surface area contributed by atoms with Crippen molar-refractivity contribution >= 4 is 11.5 Å². The van der Waals surface area contributed by atoms with E-state index in [1.807, 2.05) is 6.07 Å². The van der Waals surface area contributed by atoms with Crippen molar-refractivity contribution in [2.45, 2.75) is 25.5 Å². The van der Waals surface area contributed by atoms with E-state index in [-0.39, 0.29) is 34.7 Å². The maximum atomic E-state index is 14.6. The van der Waals surface area contributed by atoms with E-state index >= 15 is 0 Å². The molecule has 2 aliphatic heterocycles. The number of para-hydroxylation sites is 1. The smallest absolute Gasteiger partial charge is 0.251 e. The van der Waals surface area contributed by atoms with E-state index < -0.39 is 17.4 Å². The van der Waals surface area contributed by atoms with Crippen molar-refractivity contribution in [1.82, 2.24) is 15.2 Å². The molecule has 2 aromatic heterocycles. The first kappa shape index (κ1) is 19.9. The van der Waals surface area contributed by atoms with E-state index in [1.165, 1.54) is 25.3 Å². The zero-order valence-corrected chi connectivity index (χ0v) is 17.0. The molecule has 1 fully saturated rings. The highest BCUT2D eigenvalue weighted by molar-refractivity contribution is 5.76. The van der Waals surface area contributed by atoms with Crippen molar-refractivity contribution in [3.05, 3.63) is 53.2 Å². The number of nitrogens with one attached hydrogen (secondary N) is 1. The molecule has 0 saturated carbocycles. The minimum absolute atomic E-state index is 0.0631. The van der Waals surface area contributed by atoms with Gasteiger partial charge in [0.1, 0.15) is 12.2 Å². The van der Waals surface area contributed by atoms with Crippen LogP contribution in [0.1, 0.15) is 17.5 Å². The second-order valence-electron chi connectivity index (χ2n) is 7.79. The largest absolute Gasteiger partial charge is 0.504 e. The molecule has 0 bridgehead atoms. The van der Waals surface area contributed by atoms with E-state index in [2.05, 4.69) is 25.4 Å². The van der Waals surface area contributed by atoms with Gasteiger partial charge in [-0.2, -0.15) is 5.26 Å². The molecule has 2 atom stereocenters. The maximum absolute atomic E-state index is 14.6. The monoisotopic (exact) mass is 436 g/mol. The first-order chi connectivity index (χ1) is 15.5. The Kier molecular flexibility index (Phi) is 4.74. The van der Waals surface area contributed by atoms with Crippen molar-refractivity contribution in [2.24, 2.45) is 0 Å². The Morgan fingerprint density at radius 1 is 1.31 bits per heavy atom. The highest BCUT2D eigenvalue weighted by Crippen LogP contribution is 2.39. The molecule has 32 heavy (non-hydrogen) atoms. The minimum atomic E-state index is -0.736. The lowest BCUT2D eigenvalue weighted by Gasteiger charge is -2.33. The summed E-state index contributed by atoms with van der Waals surface area (Å²) in [5, 5.41) is 30.7. The molecule has 2 unspecified atom stereocenters. The number of pyridine rings is 1. The Morgan fingerprint density at radius 3 is 2.97 bits per heavy atom. The van der Waals surface area contributed by atoms with Gasteiger partial charge in [0.25, 0.3) is 5.88 Å². The van der Waals surface area contributed by atoms with Gasteiger partial charge < -0.3 is 20.1 Å². The summed E-state index contributed by atoms with van der Waals surface area (Å²) >= 11 is 0.